The first-order valence-electron chi connectivity index (χ1n) is 5.91. The molecule has 0 aromatic carbocycles. The second kappa shape index (κ2) is 4.10. The summed E-state index contributed by atoms with van der Waals surface area (Å²) in [6.07, 6.45) is 4.89. The predicted octanol–water partition coefficient (Wildman–Crippen LogP) is 0.459. The van der Waals surface area contributed by atoms with E-state index in [1.165, 1.54) is 6.42 Å². The van der Waals surface area contributed by atoms with E-state index in [9.17, 15) is 9.90 Å². The minimum atomic E-state index is -0.681. The van der Waals surface area contributed by atoms with Crippen LogP contribution in [0, 0.1) is 0 Å². The molecule has 0 bridgehead atoms. The van der Waals surface area contributed by atoms with Crippen LogP contribution in [0.2, 0.25) is 0 Å². The van der Waals surface area contributed by atoms with Crippen LogP contribution in [0.1, 0.15) is 39.0 Å². The van der Waals surface area contributed by atoms with Crippen molar-refractivity contribution in [3.8, 4) is 0 Å². The van der Waals surface area contributed by atoms with Crippen molar-refractivity contribution in [2.45, 2.75) is 50.8 Å². The Morgan fingerprint density at radius 2 is 2.13 bits per heavy atom. The van der Waals surface area contributed by atoms with Crippen molar-refractivity contribution in [2.75, 3.05) is 13.1 Å². The molecule has 0 aromatic heterocycles. The lowest BCUT2D eigenvalue weighted by Crippen LogP contribution is -2.69. The Bertz CT molecular complexity index is 249. The molecule has 1 spiro atoms. The lowest BCUT2D eigenvalue weighted by molar-refractivity contribution is -0.147. The maximum absolute atomic E-state index is 11.4. The molecule has 1 amide bonds. The summed E-state index contributed by atoms with van der Waals surface area (Å²) in [6.45, 7) is 3.33. The number of rotatable bonds is 1. The molecule has 2 fully saturated rings. The molecule has 86 valence electrons. The Kier molecular flexibility index (Phi) is 2.98. The van der Waals surface area contributed by atoms with E-state index in [1.54, 1.807) is 0 Å². The smallest absolute Gasteiger partial charge is 0.236 e. The molecule has 2 N–H and O–H groups in total. The van der Waals surface area contributed by atoms with E-state index in [0.29, 0.717) is 6.54 Å². The second-order valence-electron chi connectivity index (χ2n) is 4.65. The first-order valence-corrected chi connectivity index (χ1v) is 5.91. The number of hydrogen-bond acceptors (Lipinski definition) is 3. The molecule has 0 radical (unpaired) electrons. The summed E-state index contributed by atoms with van der Waals surface area (Å²) in [4.78, 5) is 13.5. The van der Waals surface area contributed by atoms with Crippen LogP contribution in [-0.2, 0) is 4.79 Å². The van der Waals surface area contributed by atoms with E-state index < -0.39 is 6.23 Å². The van der Waals surface area contributed by atoms with Crippen molar-refractivity contribution in [1.29, 1.82) is 0 Å². The van der Waals surface area contributed by atoms with Gasteiger partial charge in [0.2, 0.25) is 5.91 Å². The number of carbonyl (C=O) groups excluding carboxylic acids is 1. The maximum atomic E-state index is 11.4. The highest BCUT2D eigenvalue weighted by molar-refractivity contribution is 5.79. The van der Waals surface area contributed by atoms with Crippen molar-refractivity contribution >= 4 is 5.91 Å². The van der Waals surface area contributed by atoms with E-state index in [-0.39, 0.29) is 11.4 Å². The van der Waals surface area contributed by atoms with Gasteiger partial charge >= 0.3 is 0 Å². The van der Waals surface area contributed by atoms with Crippen molar-refractivity contribution in [3.63, 3.8) is 0 Å². The summed E-state index contributed by atoms with van der Waals surface area (Å²) >= 11 is 0. The van der Waals surface area contributed by atoms with E-state index in [2.05, 4.69) is 17.1 Å². The highest BCUT2D eigenvalue weighted by Gasteiger charge is 2.47. The molecule has 4 nitrogen and oxygen atoms in total. The van der Waals surface area contributed by atoms with Gasteiger partial charge in [0, 0.05) is 0 Å². The van der Waals surface area contributed by atoms with E-state index >= 15 is 0 Å². The lowest BCUT2D eigenvalue weighted by Gasteiger charge is -2.51. The van der Waals surface area contributed by atoms with Gasteiger partial charge in [0.1, 0.15) is 6.23 Å². The highest BCUT2D eigenvalue weighted by atomic mass is 16.3. The van der Waals surface area contributed by atoms with Crippen LogP contribution in [0.25, 0.3) is 0 Å². The number of hydrogen-bond donors (Lipinski definition) is 2. The Morgan fingerprint density at radius 1 is 1.47 bits per heavy atom. The fourth-order valence-electron chi connectivity index (χ4n) is 3.02. The van der Waals surface area contributed by atoms with Crippen LogP contribution in [0.4, 0.5) is 0 Å². The number of aliphatic hydroxyl groups excluding tert-OH is 1. The van der Waals surface area contributed by atoms with Gasteiger partial charge in [-0.05, 0) is 19.4 Å². The number of piperazine rings is 1. The molecule has 4 heteroatoms. The Labute approximate surface area is 90.6 Å². The standard InChI is InChI=1S/C11H20N2O2/c1-2-13-8-9(14)12-10(15)11(13)6-4-3-5-7-11/h10,15H,2-8H2,1H3,(H,12,14). The minimum absolute atomic E-state index is 0.0550. The molecule has 1 saturated carbocycles. The maximum Gasteiger partial charge on any atom is 0.236 e. The zero-order valence-electron chi connectivity index (χ0n) is 9.33. The predicted molar refractivity (Wildman–Crippen MR) is 57.2 cm³/mol. The monoisotopic (exact) mass is 212 g/mol. The number of likely N-dealkylation sites (N-methyl/N-ethyl adjacent to an activating group) is 1. The van der Waals surface area contributed by atoms with Gasteiger partial charge in [-0.25, -0.2) is 0 Å². The molecule has 1 aliphatic heterocycles. The van der Waals surface area contributed by atoms with E-state index in [4.69, 9.17) is 0 Å². The first kappa shape index (κ1) is 10.9. The number of amides is 1. The minimum Gasteiger partial charge on any atom is -0.372 e. The molecule has 1 saturated heterocycles. The topological polar surface area (TPSA) is 52.6 Å². The molecule has 0 aromatic rings. The zero-order chi connectivity index (χ0) is 10.9. The summed E-state index contributed by atoms with van der Waals surface area (Å²) in [5, 5.41) is 12.8. The number of aliphatic hydroxyl groups is 1. The quantitative estimate of drug-likeness (QED) is 0.664. The second-order valence-corrected chi connectivity index (χ2v) is 4.65. The van der Waals surface area contributed by atoms with Crippen molar-refractivity contribution in [3.05, 3.63) is 0 Å². The number of carbonyl (C=O) groups is 1. The van der Waals surface area contributed by atoms with Crippen molar-refractivity contribution in [1.82, 2.24) is 10.2 Å². The molecule has 2 rings (SSSR count). The van der Waals surface area contributed by atoms with Gasteiger partial charge < -0.3 is 10.4 Å². The first-order chi connectivity index (χ1) is 7.19. The lowest BCUT2D eigenvalue weighted by atomic mass is 9.77. The zero-order valence-corrected chi connectivity index (χ0v) is 9.33. The Morgan fingerprint density at radius 3 is 2.73 bits per heavy atom. The number of nitrogens with one attached hydrogen (secondary N) is 1. The van der Waals surface area contributed by atoms with Gasteiger partial charge in [-0.15, -0.1) is 0 Å². The SMILES string of the molecule is CCN1CC(=O)NC(O)C12CCCCC2. The summed E-state index contributed by atoms with van der Waals surface area (Å²) in [5.41, 5.74) is -0.180. The molecule has 1 aliphatic carbocycles. The van der Waals surface area contributed by atoms with Crippen LogP contribution in [0.15, 0.2) is 0 Å². The van der Waals surface area contributed by atoms with Crippen LogP contribution >= 0.6 is 0 Å². The van der Waals surface area contributed by atoms with Crippen molar-refractivity contribution in [2.24, 2.45) is 0 Å². The van der Waals surface area contributed by atoms with Gasteiger partial charge in [-0.1, -0.05) is 26.2 Å². The third kappa shape index (κ3) is 1.76. The van der Waals surface area contributed by atoms with Gasteiger partial charge in [0.15, 0.2) is 0 Å². The molecule has 1 atom stereocenters. The molecular formula is C11H20N2O2. The normalized spacial score (nSPS) is 31.6. The summed E-state index contributed by atoms with van der Waals surface area (Å²) in [5.74, 6) is -0.0550. The van der Waals surface area contributed by atoms with Gasteiger partial charge in [-0.2, -0.15) is 0 Å². The van der Waals surface area contributed by atoms with Crippen LogP contribution in [-0.4, -0.2) is 40.8 Å². The third-order valence-electron chi connectivity index (χ3n) is 3.87. The van der Waals surface area contributed by atoms with E-state index in [1.807, 2.05) is 0 Å². The van der Waals surface area contributed by atoms with Crippen LogP contribution in [0.3, 0.4) is 0 Å². The van der Waals surface area contributed by atoms with Gasteiger partial charge in [-0.3, -0.25) is 9.69 Å². The molecule has 2 aliphatic rings. The van der Waals surface area contributed by atoms with E-state index in [0.717, 1.165) is 32.2 Å². The van der Waals surface area contributed by atoms with Gasteiger partial charge in [0.25, 0.3) is 0 Å². The third-order valence-corrected chi connectivity index (χ3v) is 3.87. The molecule has 1 heterocycles. The summed E-state index contributed by atoms with van der Waals surface area (Å²) < 4.78 is 0. The Hall–Kier alpha value is -0.610. The average Bonchev–Trinajstić information content (AvgIpc) is 2.25. The number of nitrogens with zero attached hydrogens (tertiary/aromatic N) is 1. The molecule has 1 unspecified atom stereocenters. The summed E-state index contributed by atoms with van der Waals surface area (Å²) in [7, 11) is 0. The average molecular weight is 212 g/mol. The molecule has 15 heavy (non-hydrogen) atoms. The molecular weight excluding hydrogens is 192 g/mol. The fourth-order valence-corrected chi connectivity index (χ4v) is 3.02. The van der Waals surface area contributed by atoms with Gasteiger partial charge in [0.05, 0.1) is 12.1 Å². The Balaban J connectivity index is 2.20. The highest BCUT2D eigenvalue weighted by Crippen LogP contribution is 2.37. The fraction of sp³-hybridized carbons (Fsp3) is 0.909. The van der Waals surface area contributed by atoms with Crippen LogP contribution in [0.5, 0.6) is 0 Å². The van der Waals surface area contributed by atoms with Crippen molar-refractivity contribution < 1.29 is 9.90 Å². The summed E-state index contributed by atoms with van der Waals surface area (Å²) in [6, 6.07) is 0. The van der Waals surface area contributed by atoms with Crippen LogP contribution < -0.4 is 5.32 Å². The largest absolute Gasteiger partial charge is 0.372 e.